The van der Waals surface area contributed by atoms with Crippen LogP contribution < -0.4 is 10.1 Å². The Morgan fingerprint density at radius 2 is 2.00 bits per heavy atom. The number of anilines is 1. The Balaban J connectivity index is 2.34. The maximum atomic E-state index is 12.3. The van der Waals surface area contributed by atoms with Gasteiger partial charge in [0.05, 0.1) is 17.4 Å². The second-order valence-electron chi connectivity index (χ2n) is 5.14. The number of benzene rings is 1. The first-order valence-electron chi connectivity index (χ1n) is 6.85. The number of aryl methyl sites for hydroxylation is 1. The molecule has 2 N–H and O–H groups in total. The van der Waals surface area contributed by atoms with Crippen LogP contribution in [0, 0.1) is 0 Å². The lowest BCUT2D eigenvalue weighted by Gasteiger charge is -2.15. The Hall–Kier alpha value is -2.76. The largest absolute Gasteiger partial charge is 0.489 e. The van der Waals surface area contributed by atoms with E-state index in [9.17, 15) is 9.59 Å². The minimum absolute atomic E-state index is 0.0817. The number of carbonyl (C=O) groups excluding carboxylic acids is 1. The molecule has 0 unspecified atom stereocenters. The van der Waals surface area contributed by atoms with Crippen molar-refractivity contribution in [3.05, 3.63) is 47.8 Å². The summed E-state index contributed by atoms with van der Waals surface area (Å²) in [4.78, 5) is 23.4. The summed E-state index contributed by atoms with van der Waals surface area (Å²) in [5.74, 6) is -0.961. The van der Waals surface area contributed by atoms with Gasteiger partial charge in [0.25, 0.3) is 5.91 Å². The Labute approximate surface area is 128 Å². The molecule has 0 aliphatic carbocycles. The van der Waals surface area contributed by atoms with Crippen LogP contribution in [0.15, 0.2) is 36.5 Å². The molecule has 0 atom stereocenters. The lowest BCUT2D eigenvalue weighted by atomic mass is 10.2. The van der Waals surface area contributed by atoms with Gasteiger partial charge in [0.2, 0.25) is 0 Å². The number of carboxylic acids is 1. The molecule has 6 heteroatoms. The van der Waals surface area contributed by atoms with Crippen molar-refractivity contribution in [1.82, 2.24) is 4.57 Å². The topological polar surface area (TPSA) is 80.6 Å². The first-order valence-corrected chi connectivity index (χ1v) is 6.85. The number of aromatic nitrogens is 1. The van der Waals surface area contributed by atoms with E-state index in [2.05, 4.69) is 5.32 Å². The van der Waals surface area contributed by atoms with Crippen molar-refractivity contribution in [3.8, 4) is 5.75 Å². The zero-order chi connectivity index (χ0) is 16.3. The fourth-order valence-electron chi connectivity index (χ4n) is 2.00. The van der Waals surface area contributed by atoms with Crippen molar-refractivity contribution in [2.45, 2.75) is 20.0 Å². The summed E-state index contributed by atoms with van der Waals surface area (Å²) in [7, 11) is 1.76. The van der Waals surface area contributed by atoms with Crippen LogP contribution in [-0.2, 0) is 7.05 Å². The lowest BCUT2D eigenvalue weighted by molar-refractivity contribution is 0.0696. The van der Waals surface area contributed by atoms with Crippen molar-refractivity contribution in [3.63, 3.8) is 0 Å². The molecule has 0 saturated heterocycles. The number of hydrogen-bond donors (Lipinski definition) is 2. The third kappa shape index (κ3) is 3.46. The quantitative estimate of drug-likeness (QED) is 0.890. The van der Waals surface area contributed by atoms with Crippen molar-refractivity contribution >= 4 is 17.6 Å². The second-order valence-corrected chi connectivity index (χ2v) is 5.14. The Morgan fingerprint density at radius 1 is 1.27 bits per heavy atom. The van der Waals surface area contributed by atoms with Gasteiger partial charge in [-0.05, 0) is 44.2 Å². The number of amides is 1. The van der Waals surface area contributed by atoms with E-state index in [-0.39, 0.29) is 17.6 Å². The molecule has 0 fully saturated rings. The number of nitrogens with one attached hydrogen (secondary N) is 1. The summed E-state index contributed by atoms with van der Waals surface area (Å²) >= 11 is 0. The highest BCUT2D eigenvalue weighted by atomic mass is 16.5. The third-order valence-electron chi connectivity index (χ3n) is 3.01. The maximum absolute atomic E-state index is 12.3. The minimum atomic E-state index is -1.06. The number of hydrogen-bond acceptors (Lipinski definition) is 3. The molecule has 0 aliphatic rings. The first kappa shape index (κ1) is 15.6. The fraction of sp³-hybridized carbons (Fsp3) is 0.250. The standard InChI is InChI=1S/C16H18N2O4/c1-10(2)22-14-7-6-11(16(20)21)9-12(14)17-15(19)13-5-4-8-18(13)3/h4-10H,1-3H3,(H,17,19)(H,20,21). The predicted molar refractivity (Wildman–Crippen MR) is 82.5 cm³/mol. The molecule has 0 radical (unpaired) electrons. The number of nitrogens with zero attached hydrogens (tertiary/aromatic N) is 1. The van der Waals surface area contributed by atoms with E-state index in [4.69, 9.17) is 9.84 Å². The summed E-state index contributed by atoms with van der Waals surface area (Å²) in [5.41, 5.74) is 0.884. The van der Waals surface area contributed by atoms with Gasteiger partial charge in [-0.1, -0.05) is 0 Å². The van der Waals surface area contributed by atoms with Gasteiger partial charge in [0.1, 0.15) is 11.4 Å². The molecule has 116 valence electrons. The van der Waals surface area contributed by atoms with Crippen LogP contribution in [0.5, 0.6) is 5.75 Å². The zero-order valence-corrected chi connectivity index (χ0v) is 12.7. The summed E-state index contributed by atoms with van der Waals surface area (Å²) < 4.78 is 7.29. The van der Waals surface area contributed by atoms with Gasteiger partial charge in [0, 0.05) is 13.2 Å². The molecular weight excluding hydrogens is 284 g/mol. The van der Waals surface area contributed by atoms with Crippen LogP contribution in [0.2, 0.25) is 0 Å². The molecule has 6 nitrogen and oxygen atoms in total. The number of rotatable bonds is 5. The SMILES string of the molecule is CC(C)Oc1ccc(C(=O)O)cc1NC(=O)c1cccn1C. The molecule has 0 aliphatic heterocycles. The van der Waals surface area contributed by atoms with E-state index in [0.717, 1.165) is 0 Å². The molecule has 2 rings (SSSR count). The Morgan fingerprint density at radius 3 is 2.55 bits per heavy atom. The van der Waals surface area contributed by atoms with Crippen LogP contribution >= 0.6 is 0 Å². The molecule has 0 saturated carbocycles. The fourth-order valence-corrected chi connectivity index (χ4v) is 2.00. The van der Waals surface area contributed by atoms with Gasteiger partial charge < -0.3 is 19.7 Å². The molecule has 1 amide bonds. The normalized spacial score (nSPS) is 10.5. The molecule has 22 heavy (non-hydrogen) atoms. The van der Waals surface area contributed by atoms with Gasteiger partial charge in [-0.25, -0.2) is 4.79 Å². The Kier molecular flexibility index (Phi) is 4.50. The summed E-state index contributed by atoms with van der Waals surface area (Å²) in [6.07, 6.45) is 1.66. The minimum Gasteiger partial charge on any atom is -0.489 e. The van der Waals surface area contributed by atoms with Crippen LogP contribution in [0.25, 0.3) is 0 Å². The van der Waals surface area contributed by atoms with Crippen LogP contribution in [-0.4, -0.2) is 27.7 Å². The van der Waals surface area contributed by atoms with Crippen molar-refractivity contribution < 1.29 is 19.4 Å². The van der Waals surface area contributed by atoms with Gasteiger partial charge in [-0.2, -0.15) is 0 Å². The number of carboxylic acid groups (broad SMARTS) is 1. The number of aromatic carboxylic acids is 1. The smallest absolute Gasteiger partial charge is 0.335 e. The van der Waals surface area contributed by atoms with Crippen LogP contribution in [0.3, 0.4) is 0 Å². The van der Waals surface area contributed by atoms with Crippen LogP contribution in [0.1, 0.15) is 34.7 Å². The van der Waals surface area contributed by atoms with Gasteiger partial charge >= 0.3 is 5.97 Å². The molecule has 1 aromatic heterocycles. The monoisotopic (exact) mass is 302 g/mol. The summed E-state index contributed by atoms with van der Waals surface area (Å²) in [5, 5.41) is 11.8. The average molecular weight is 302 g/mol. The molecule has 1 heterocycles. The second kappa shape index (κ2) is 6.34. The van der Waals surface area contributed by atoms with Gasteiger partial charge in [-0.3, -0.25) is 4.79 Å². The lowest BCUT2D eigenvalue weighted by Crippen LogP contribution is -2.17. The molecule has 1 aromatic carbocycles. The van der Waals surface area contributed by atoms with Crippen LogP contribution in [0.4, 0.5) is 5.69 Å². The average Bonchev–Trinajstić information content (AvgIpc) is 2.86. The van der Waals surface area contributed by atoms with E-state index in [0.29, 0.717) is 17.1 Å². The molecular formula is C16H18N2O4. The van der Waals surface area contributed by atoms with Crippen molar-refractivity contribution in [1.29, 1.82) is 0 Å². The Bertz CT molecular complexity index is 704. The van der Waals surface area contributed by atoms with E-state index in [1.165, 1.54) is 12.1 Å². The van der Waals surface area contributed by atoms with Gasteiger partial charge in [0.15, 0.2) is 0 Å². The van der Waals surface area contributed by atoms with Gasteiger partial charge in [-0.15, -0.1) is 0 Å². The number of ether oxygens (including phenoxy) is 1. The maximum Gasteiger partial charge on any atom is 0.335 e. The highest BCUT2D eigenvalue weighted by Crippen LogP contribution is 2.27. The predicted octanol–water partition coefficient (Wildman–Crippen LogP) is 2.76. The number of carbonyl (C=O) groups is 2. The zero-order valence-electron chi connectivity index (χ0n) is 12.7. The van der Waals surface area contributed by atoms with E-state index in [1.54, 1.807) is 36.0 Å². The summed E-state index contributed by atoms with van der Waals surface area (Å²) in [6.45, 7) is 3.71. The third-order valence-corrected chi connectivity index (χ3v) is 3.01. The van der Waals surface area contributed by atoms with Crippen molar-refractivity contribution in [2.75, 3.05) is 5.32 Å². The van der Waals surface area contributed by atoms with E-state index in [1.807, 2.05) is 13.8 Å². The first-order chi connectivity index (χ1) is 10.4. The highest BCUT2D eigenvalue weighted by molar-refractivity contribution is 6.04. The van der Waals surface area contributed by atoms with Crippen molar-refractivity contribution in [2.24, 2.45) is 7.05 Å². The van der Waals surface area contributed by atoms with E-state index < -0.39 is 5.97 Å². The molecule has 0 bridgehead atoms. The molecule has 0 spiro atoms. The summed E-state index contributed by atoms with van der Waals surface area (Å²) in [6, 6.07) is 7.82. The van der Waals surface area contributed by atoms with E-state index >= 15 is 0 Å². The highest BCUT2D eigenvalue weighted by Gasteiger charge is 2.15. The molecule has 2 aromatic rings.